The number of nitrogens with one attached hydrogen (secondary N) is 2. The van der Waals surface area contributed by atoms with Gasteiger partial charge in [0.1, 0.15) is 0 Å². The molecule has 1 aromatic rings. The summed E-state index contributed by atoms with van der Waals surface area (Å²) in [6.45, 7) is 2.83. The number of anilines is 1. The van der Waals surface area contributed by atoms with Crippen LogP contribution in [0.1, 0.15) is 24.1 Å². The van der Waals surface area contributed by atoms with Crippen LogP contribution < -0.4 is 10.6 Å². The molecule has 1 aliphatic rings. The maximum Gasteiger partial charge on any atom is 0.228 e. The van der Waals surface area contributed by atoms with Crippen LogP contribution in [0.15, 0.2) is 18.2 Å². The molecule has 3 heteroatoms. The van der Waals surface area contributed by atoms with Crippen molar-refractivity contribution in [3.8, 4) is 12.3 Å². The molecule has 1 atom stereocenters. The molecule has 0 fully saturated rings. The van der Waals surface area contributed by atoms with Crippen LogP contribution in [0.25, 0.3) is 0 Å². The monoisotopic (exact) mass is 214 g/mol. The number of carbonyl (C=O) groups excluding carboxylic acids is 1. The van der Waals surface area contributed by atoms with Crippen molar-refractivity contribution in [2.45, 2.75) is 19.4 Å². The Morgan fingerprint density at radius 2 is 2.44 bits per heavy atom. The first-order valence-corrected chi connectivity index (χ1v) is 5.36. The molecule has 2 rings (SSSR count). The molecule has 3 nitrogen and oxygen atoms in total. The summed E-state index contributed by atoms with van der Waals surface area (Å²) in [5.74, 6) is 2.75. The fraction of sp³-hybridized carbons (Fsp3) is 0.308. The molecule has 0 saturated carbocycles. The summed E-state index contributed by atoms with van der Waals surface area (Å²) in [4.78, 5) is 11.2. The van der Waals surface area contributed by atoms with Crippen LogP contribution >= 0.6 is 0 Å². The van der Waals surface area contributed by atoms with Crippen LogP contribution in [-0.4, -0.2) is 12.5 Å². The Balaban J connectivity index is 2.28. The van der Waals surface area contributed by atoms with Crippen LogP contribution in [0.3, 0.4) is 0 Å². The van der Waals surface area contributed by atoms with Crippen molar-refractivity contribution >= 4 is 11.6 Å². The second-order valence-electron chi connectivity index (χ2n) is 3.80. The standard InChI is InChI=1S/C13H14N2O/c1-3-11(14-4-2)9-5-6-10-8-13(16)15-12(10)7-9/h1,5-7,11,14H,4,8H2,2H3,(H,15,16). The Morgan fingerprint density at radius 3 is 3.12 bits per heavy atom. The van der Waals surface area contributed by atoms with E-state index in [0.29, 0.717) is 6.42 Å². The van der Waals surface area contributed by atoms with E-state index >= 15 is 0 Å². The summed E-state index contributed by atoms with van der Waals surface area (Å²) in [5, 5.41) is 6.03. The third kappa shape index (κ3) is 1.93. The van der Waals surface area contributed by atoms with Crippen LogP contribution in [0, 0.1) is 12.3 Å². The van der Waals surface area contributed by atoms with Crippen LogP contribution in [0.4, 0.5) is 5.69 Å². The van der Waals surface area contributed by atoms with E-state index in [2.05, 4.69) is 16.6 Å². The zero-order valence-electron chi connectivity index (χ0n) is 9.21. The molecular formula is C13H14N2O. The van der Waals surface area contributed by atoms with Gasteiger partial charge in [0, 0.05) is 5.69 Å². The van der Waals surface area contributed by atoms with E-state index in [1.807, 2.05) is 25.1 Å². The molecule has 1 amide bonds. The molecule has 16 heavy (non-hydrogen) atoms. The molecule has 1 heterocycles. The molecule has 0 saturated heterocycles. The molecule has 0 spiro atoms. The van der Waals surface area contributed by atoms with Crippen molar-refractivity contribution in [3.63, 3.8) is 0 Å². The summed E-state index contributed by atoms with van der Waals surface area (Å²) in [6, 6.07) is 5.80. The SMILES string of the molecule is C#CC(NCC)c1ccc2c(c1)NC(=O)C2. The highest BCUT2D eigenvalue weighted by atomic mass is 16.1. The number of rotatable bonds is 3. The third-order valence-electron chi connectivity index (χ3n) is 2.67. The average molecular weight is 214 g/mol. The van der Waals surface area contributed by atoms with E-state index in [1.54, 1.807) is 0 Å². The van der Waals surface area contributed by atoms with Crippen molar-refractivity contribution < 1.29 is 4.79 Å². The van der Waals surface area contributed by atoms with E-state index in [0.717, 1.165) is 23.4 Å². The van der Waals surface area contributed by atoms with Gasteiger partial charge in [-0.15, -0.1) is 6.42 Å². The van der Waals surface area contributed by atoms with Crippen molar-refractivity contribution in [1.29, 1.82) is 0 Å². The van der Waals surface area contributed by atoms with Crippen molar-refractivity contribution in [2.24, 2.45) is 0 Å². The minimum Gasteiger partial charge on any atom is -0.326 e. The smallest absolute Gasteiger partial charge is 0.228 e. The first-order valence-electron chi connectivity index (χ1n) is 5.36. The predicted molar refractivity (Wildman–Crippen MR) is 64.0 cm³/mol. The predicted octanol–water partition coefficient (Wildman–Crippen LogP) is 1.46. The van der Waals surface area contributed by atoms with Gasteiger partial charge < -0.3 is 10.6 Å². The van der Waals surface area contributed by atoms with Gasteiger partial charge in [0.05, 0.1) is 12.5 Å². The highest BCUT2D eigenvalue weighted by Gasteiger charge is 2.18. The Bertz CT molecular complexity index is 459. The maximum absolute atomic E-state index is 11.2. The Hall–Kier alpha value is -1.79. The highest BCUT2D eigenvalue weighted by molar-refractivity contribution is 5.99. The van der Waals surface area contributed by atoms with E-state index in [4.69, 9.17) is 6.42 Å². The van der Waals surface area contributed by atoms with Gasteiger partial charge in [-0.25, -0.2) is 0 Å². The Morgan fingerprint density at radius 1 is 1.62 bits per heavy atom. The summed E-state index contributed by atoms with van der Waals surface area (Å²) in [7, 11) is 0. The van der Waals surface area contributed by atoms with Gasteiger partial charge >= 0.3 is 0 Å². The van der Waals surface area contributed by atoms with Crippen LogP contribution in [0.2, 0.25) is 0 Å². The van der Waals surface area contributed by atoms with E-state index in [9.17, 15) is 4.79 Å². The molecule has 2 N–H and O–H groups in total. The van der Waals surface area contributed by atoms with Crippen molar-refractivity contribution in [1.82, 2.24) is 5.32 Å². The van der Waals surface area contributed by atoms with Crippen LogP contribution in [0.5, 0.6) is 0 Å². The summed E-state index contributed by atoms with van der Waals surface area (Å²) < 4.78 is 0. The molecule has 1 aromatic carbocycles. The minimum atomic E-state index is -0.0900. The van der Waals surface area contributed by atoms with Gasteiger partial charge in [0.2, 0.25) is 5.91 Å². The second-order valence-corrected chi connectivity index (χ2v) is 3.80. The molecule has 0 bridgehead atoms. The van der Waals surface area contributed by atoms with Gasteiger partial charge in [-0.1, -0.05) is 25.0 Å². The van der Waals surface area contributed by atoms with Gasteiger partial charge in [-0.3, -0.25) is 4.79 Å². The Labute approximate surface area is 95.2 Å². The molecule has 1 aliphatic heterocycles. The fourth-order valence-electron chi connectivity index (χ4n) is 1.89. The lowest BCUT2D eigenvalue weighted by atomic mass is 10.0. The number of carbonyl (C=O) groups is 1. The second kappa shape index (κ2) is 4.38. The zero-order chi connectivity index (χ0) is 11.5. The molecular weight excluding hydrogens is 200 g/mol. The minimum absolute atomic E-state index is 0.0489. The van der Waals surface area contributed by atoms with E-state index in [1.165, 1.54) is 0 Å². The average Bonchev–Trinajstić information content (AvgIpc) is 2.64. The first kappa shape index (κ1) is 10.7. The zero-order valence-corrected chi connectivity index (χ0v) is 9.21. The van der Waals surface area contributed by atoms with Gasteiger partial charge in [0.15, 0.2) is 0 Å². The van der Waals surface area contributed by atoms with Gasteiger partial charge in [-0.05, 0) is 23.7 Å². The lowest BCUT2D eigenvalue weighted by Gasteiger charge is -2.12. The quantitative estimate of drug-likeness (QED) is 0.748. The molecule has 82 valence electrons. The third-order valence-corrected chi connectivity index (χ3v) is 2.67. The number of hydrogen-bond acceptors (Lipinski definition) is 2. The normalized spacial score (nSPS) is 15.1. The van der Waals surface area contributed by atoms with Gasteiger partial charge in [0.25, 0.3) is 0 Å². The summed E-state index contributed by atoms with van der Waals surface area (Å²) in [6.07, 6.45) is 5.93. The van der Waals surface area contributed by atoms with E-state index in [-0.39, 0.29) is 11.9 Å². The molecule has 0 aromatic heterocycles. The lowest BCUT2D eigenvalue weighted by molar-refractivity contribution is -0.115. The maximum atomic E-state index is 11.2. The highest BCUT2D eigenvalue weighted by Crippen LogP contribution is 2.26. The largest absolute Gasteiger partial charge is 0.326 e. The molecule has 0 radical (unpaired) electrons. The van der Waals surface area contributed by atoms with Crippen molar-refractivity contribution in [2.75, 3.05) is 11.9 Å². The molecule has 1 unspecified atom stereocenters. The lowest BCUT2D eigenvalue weighted by Crippen LogP contribution is -2.19. The topological polar surface area (TPSA) is 41.1 Å². The number of benzene rings is 1. The van der Waals surface area contributed by atoms with Gasteiger partial charge in [-0.2, -0.15) is 0 Å². The Kier molecular flexibility index (Phi) is 2.93. The first-order chi connectivity index (χ1) is 7.74. The number of terminal acetylenes is 1. The summed E-state index contributed by atoms with van der Waals surface area (Å²) >= 11 is 0. The number of fused-ring (bicyclic) bond motifs is 1. The number of amides is 1. The fourth-order valence-corrected chi connectivity index (χ4v) is 1.89. The van der Waals surface area contributed by atoms with Crippen molar-refractivity contribution in [3.05, 3.63) is 29.3 Å². The van der Waals surface area contributed by atoms with Crippen LogP contribution in [-0.2, 0) is 11.2 Å². The van der Waals surface area contributed by atoms with E-state index < -0.39 is 0 Å². The number of hydrogen-bond donors (Lipinski definition) is 2. The molecule has 0 aliphatic carbocycles. The summed E-state index contributed by atoms with van der Waals surface area (Å²) in [5.41, 5.74) is 2.95.